The molecule has 0 radical (unpaired) electrons. The molecule has 0 bridgehead atoms. The molecule has 5 nitrogen and oxygen atoms in total. The van der Waals surface area contributed by atoms with Gasteiger partial charge in [-0.1, -0.05) is 0 Å². The third-order valence-corrected chi connectivity index (χ3v) is 4.88. The highest BCUT2D eigenvalue weighted by atomic mass is 31.2. The molecule has 1 heterocycles. The summed E-state index contributed by atoms with van der Waals surface area (Å²) in [5, 5.41) is 1.94. The molecule has 1 rings (SSSR count). The lowest BCUT2D eigenvalue weighted by atomic mass is 10.2. The third kappa shape index (κ3) is 2.98. The molecular weight excluding hydrogens is 229 g/mol. The number of nitrogens with one attached hydrogen (secondary N) is 1. The molecule has 0 aromatic rings. The molecular formula is C10H20NO4P. The largest absolute Gasteiger partial charge is 0.444 e. The van der Waals surface area contributed by atoms with Gasteiger partial charge in [-0.2, -0.15) is 0 Å². The Hall–Kier alpha value is -0.540. The van der Waals surface area contributed by atoms with Crippen molar-refractivity contribution in [2.75, 3.05) is 26.5 Å². The maximum absolute atomic E-state index is 12.1. The summed E-state index contributed by atoms with van der Waals surface area (Å²) in [6, 6.07) is 0. The topological polar surface area (TPSA) is 64.6 Å². The van der Waals surface area contributed by atoms with E-state index < -0.39 is 24.1 Å². The second kappa shape index (κ2) is 4.04. The van der Waals surface area contributed by atoms with Gasteiger partial charge < -0.3 is 19.4 Å². The molecule has 0 unspecified atom stereocenters. The lowest BCUT2D eigenvalue weighted by Gasteiger charge is -2.44. The zero-order chi connectivity index (χ0) is 12.6. The molecule has 1 aliphatic rings. The van der Waals surface area contributed by atoms with Crippen molar-refractivity contribution in [2.24, 2.45) is 0 Å². The van der Waals surface area contributed by atoms with Crippen molar-refractivity contribution in [1.29, 1.82) is 0 Å². The van der Waals surface area contributed by atoms with Crippen LogP contribution in [0.15, 0.2) is 0 Å². The van der Waals surface area contributed by atoms with E-state index in [2.05, 4.69) is 5.32 Å². The zero-order valence-electron chi connectivity index (χ0n) is 10.5. The smallest absolute Gasteiger partial charge is 0.408 e. The van der Waals surface area contributed by atoms with Crippen LogP contribution in [-0.2, 0) is 14.0 Å². The van der Waals surface area contributed by atoms with Crippen LogP contribution >= 0.6 is 7.14 Å². The molecule has 6 heteroatoms. The van der Waals surface area contributed by atoms with E-state index in [1.165, 1.54) is 0 Å². The minimum absolute atomic E-state index is 0.288. The minimum atomic E-state index is -2.46. The molecule has 16 heavy (non-hydrogen) atoms. The van der Waals surface area contributed by atoms with Crippen LogP contribution in [0.25, 0.3) is 0 Å². The molecule has 0 spiro atoms. The summed E-state index contributed by atoms with van der Waals surface area (Å²) in [6.45, 7) is 9.23. The van der Waals surface area contributed by atoms with E-state index in [9.17, 15) is 9.36 Å². The molecule has 0 saturated carbocycles. The van der Waals surface area contributed by atoms with E-state index in [1.807, 2.05) is 0 Å². The van der Waals surface area contributed by atoms with E-state index in [1.54, 1.807) is 34.1 Å². The van der Waals surface area contributed by atoms with E-state index in [4.69, 9.17) is 9.47 Å². The second-order valence-electron chi connectivity index (χ2n) is 5.50. The minimum Gasteiger partial charge on any atom is -0.444 e. The first kappa shape index (κ1) is 13.5. The maximum atomic E-state index is 12.1. The van der Waals surface area contributed by atoms with Gasteiger partial charge in [-0.05, 0) is 34.1 Å². The number of rotatable bonds is 2. The van der Waals surface area contributed by atoms with Gasteiger partial charge >= 0.3 is 6.09 Å². The van der Waals surface area contributed by atoms with Crippen molar-refractivity contribution in [3.63, 3.8) is 0 Å². The van der Waals surface area contributed by atoms with Gasteiger partial charge in [-0.3, -0.25) is 0 Å². The molecule has 1 fully saturated rings. The summed E-state index contributed by atoms with van der Waals surface area (Å²) in [7, 11) is -2.46. The number of carbonyl (C=O) groups excluding carboxylic acids is 1. The van der Waals surface area contributed by atoms with Crippen molar-refractivity contribution in [2.45, 2.75) is 31.7 Å². The van der Waals surface area contributed by atoms with Crippen LogP contribution in [0.3, 0.4) is 0 Å². The van der Waals surface area contributed by atoms with Crippen LogP contribution in [0.2, 0.25) is 0 Å². The molecule has 1 aliphatic heterocycles. The van der Waals surface area contributed by atoms with E-state index in [0.29, 0.717) is 0 Å². The van der Waals surface area contributed by atoms with Crippen molar-refractivity contribution in [1.82, 2.24) is 5.32 Å². The van der Waals surface area contributed by atoms with Gasteiger partial charge in [0.15, 0.2) is 0 Å². The molecule has 0 atom stereocenters. The summed E-state index contributed by atoms with van der Waals surface area (Å²) in [5.74, 6) is 0. The normalized spacial score (nSPS) is 19.8. The van der Waals surface area contributed by atoms with E-state index in [-0.39, 0.29) is 13.2 Å². The van der Waals surface area contributed by atoms with Crippen LogP contribution < -0.4 is 5.32 Å². The fraction of sp³-hybridized carbons (Fsp3) is 0.900. The number of ether oxygens (including phenoxy) is 2. The Morgan fingerprint density at radius 3 is 2.12 bits per heavy atom. The molecule has 0 aliphatic carbocycles. The fourth-order valence-electron chi connectivity index (χ4n) is 1.31. The first-order valence-electron chi connectivity index (χ1n) is 5.20. The summed E-state index contributed by atoms with van der Waals surface area (Å²) in [4.78, 5) is 11.6. The zero-order valence-corrected chi connectivity index (χ0v) is 11.4. The van der Waals surface area contributed by atoms with Gasteiger partial charge in [-0.25, -0.2) is 4.79 Å². The van der Waals surface area contributed by atoms with Gasteiger partial charge in [0.2, 0.25) is 0 Å². The Morgan fingerprint density at radius 1 is 1.38 bits per heavy atom. The van der Waals surface area contributed by atoms with Gasteiger partial charge in [0.05, 0.1) is 13.2 Å². The standard InChI is InChI=1S/C10H20NO4P/c1-9(2,3)15-8(12)11-10(6-14-7-10)16(4,5)13/h6-7H2,1-5H3,(H,11,12). The second-order valence-corrected chi connectivity index (χ2v) is 9.06. The Labute approximate surface area is 96.2 Å². The van der Waals surface area contributed by atoms with Crippen molar-refractivity contribution in [3.8, 4) is 0 Å². The molecule has 1 N–H and O–H groups in total. The maximum Gasteiger partial charge on any atom is 0.408 e. The first-order valence-corrected chi connectivity index (χ1v) is 7.80. The number of carbonyl (C=O) groups is 1. The van der Waals surface area contributed by atoms with Crippen LogP contribution in [0.5, 0.6) is 0 Å². The highest BCUT2D eigenvalue weighted by molar-refractivity contribution is 7.64. The molecule has 1 amide bonds. The van der Waals surface area contributed by atoms with Gasteiger partial charge in [0, 0.05) is 0 Å². The third-order valence-electron chi connectivity index (χ3n) is 2.45. The monoisotopic (exact) mass is 249 g/mol. The molecule has 1 saturated heterocycles. The number of hydrogen-bond acceptors (Lipinski definition) is 4. The highest BCUT2D eigenvalue weighted by Gasteiger charge is 2.50. The fourth-order valence-corrected chi connectivity index (χ4v) is 2.47. The van der Waals surface area contributed by atoms with Crippen molar-refractivity contribution >= 4 is 13.2 Å². The van der Waals surface area contributed by atoms with E-state index in [0.717, 1.165) is 0 Å². The number of amides is 1. The Morgan fingerprint density at radius 2 is 1.88 bits per heavy atom. The van der Waals surface area contributed by atoms with Crippen LogP contribution in [0.4, 0.5) is 4.79 Å². The molecule has 0 aromatic heterocycles. The van der Waals surface area contributed by atoms with Gasteiger partial charge in [-0.15, -0.1) is 0 Å². The average molecular weight is 249 g/mol. The Bertz CT molecular complexity index is 324. The predicted molar refractivity (Wildman–Crippen MR) is 62.4 cm³/mol. The summed E-state index contributed by atoms with van der Waals surface area (Å²) in [5.41, 5.74) is -0.554. The van der Waals surface area contributed by atoms with Crippen LogP contribution in [0, 0.1) is 0 Å². The molecule has 0 aromatic carbocycles. The van der Waals surface area contributed by atoms with Crippen LogP contribution in [0.1, 0.15) is 20.8 Å². The highest BCUT2D eigenvalue weighted by Crippen LogP contribution is 2.53. The van der Waals surface area contributed by atoms with Crippen molar-refractivity contribution in [3.05, 3.63) is 0 Å². The Kier molecular flexibility index (Phi) is 3.42. The van der Waals surface area contributed by atoms with Gasteiger partial charge in [0.25, 0.3) is 0 Å². The van der Waals surface area contributed by atoms with Crippen molar-refractivity contribution < 1.29 is 18.8 Å². The average Bonchev–Trinajstić information content (AvgIpc) is 1.90. The summed E-state index contributed by atoms with van der Waals surface area (Å²) >= 11 is 0. The lowest BCUT2D eigenvalue weighted by Crippen LogP contribution is -2.62. The van der Waals surface area contributed by atoms with Crippen LogP contribution in [-0.4, -0.2) is 43.5 Å². The SMILES string of the molecule is CC(C)(C)OC(=O)NC1(P(C)(C)=O)COC1. The Balaban J connectivity index is 2.66. The summed E-state index contributed by atoms with van der Waals surface area (Å²) in [6.07, 6.45) is -0.542. The quantitative estimate of drug-likeness (QED) is 0.759. The number of alkyl carbamates (subject to hydrolysis) is 1. The summed E-state index contributed by atoms with van der Waals surface area (Å²) < 4.78 is 22.3. The first-order chi connectivity index (χ1) is 7.06. The van der Waals surface area contributed by atoms with Gasteiger partial charge in [0.1, 0.15) is 18.0 Å². The molecule has 94 valence electrons. The lowest BCUT2D eigenvalue weighted by molar-refractivity contribution is -0.0357. The predicted octanol–water partition coefficient (Wildman–Crippen LogP) is 1.86. The number of hydrogen-bond donors (Lipinski definition) is 1. The van der Waals surface area contributed by atoms with E-state index >= 15 is 0 Å².